The van der Waals surface area contributed by atoms with Gasteiger partial charge in [0.05, 0.1) is 18.3 Å². The summed E-state index contributed by atoms with van der Waals surface area (Å²) in [5.74, 6) is -0.797. The van der Waals surface area contributed by atoms with Crippen molar-refractivity contribution in [3.63, 3.8) is 0 Å². The number of β-amino-alcohol motifs (C(OH)–C–C–N with tert-alkyl or cyclic N) is 1. The first kappa shape index (κ1) is 15.1. The Kier molecular flexibility index (Phi) is 3.71. The van der Waals surface area contributed by atoms with Gasteiger partial charge in [-0.25, -0.2) is 17.5 Å². The summed E-state index contributed by atoms with van der Waals surface area (Å²) in [5, 5.41) is 17.9. The van der Waals surface area contributed by atoms with Crippen molar-refractivity contribution < 1.29 is 17.9 Å². The lowest BCUT2D eigenvalue weighted by molar-refractivity contribution is 0.0341. The Morgan fingerprint density at radius 3 is 2.82 bits per heavy atom. The van der Waals surface area contributed by atoms with E-state index in [1.807, 2.05) is 0 Å². The molecule has 2 heterocycles. The van der Waals surface area contributed by atoms with Crippen molar-refractivity contribution in [3.05, 3.63) is 42.5 Å². The zero-order valence-electron chi connectivity index (χ0n) is 11.6. The standard InChI is InChI=1S/C13H15FN4O3S/c14-11-3-1-2-4-12(11)22(20,21)18-7-5-13(19,10-18)9-17-8-6-15-16-17/h1-4,6,8,19H,5,7,9-10H2. The van der Waals surface area contributed by atoms with Crippen molar-refractivity contribution in [3.8, 4) is 0 Å². The van der Waals surface area contributed by atoms with Crippen molar-refractivity contribution >= 4 is 10.0 Å². The summed E-state index contributed by atoms with van der Waals surface area (Å²) in [6.07, 6.45) is 3.32. The molecule has 0 saturated carbocycles. The van der Waals surface area contributed by atoms with E-state index in [0.717, 1.165) is 10.4 Å². The first-order chi connectivity index (χ1) is 10.4. The van der Waals surface area contributed by atoms with Crippen LogP contribution in [0, 0.1) is 5.82 Å². The highest BCUT2D eigenvalue weighted by Gasteiger charge is 2.42. The summed E-state index contributed by atoms with van der Waals surface area (Å²) in [7, 11) is -3.97. The highest BCUT2D eigenvalue weighted by Crippen LogP contribution is 2.29. The van der Waals surface area contributed by atoms with E-state index in [2.05, 4.69) is 10.3 Å². The maximum atomic E-state index is 13.7. The number of nitrogens with zero attached hydrogens (tertiary/aromatic N) is 4. The molecule has 1 unspecified atom stereocenters. The SMILES string of the molecule is O=S(=O)(c1ccccc1F)N1CCC(O)(Cn2ccnn2)C1. The summed E-state index contributed by atoms with van der Waals surface area (Å²) in [6.45, 7) is 0.154. The molecule has 22 heavy (non-hydrogen) atoms. The zero-order chi connectivity index (χ0) is 15.8. The monoisotopic (exact) mass is 326 g/mol. The molecule has 0 radical (unpaired) electrons. The van der Waals surface area contributed by atoms with Crippen LogP contribution in [0.1, 0.15) is 6.42 Å². The second-order valence-corrected chi connectivity index (χ2v) is 7.25. The van der Waals surface area contributed by atoms with Crippen LogP contribution in [0.3, 0.4) is 0 Å². The van der Waals surface area contributed by atoms with E-state index in [0.29, 0.717) is 0 Å². The fraction of sp³-hybridized carbons (Fsp3) is 0.385. The number of rotatable bonds is 4. The van der Waals surface area contributed by atoms with Crippen molar-refractivity contribution in [2.24, 2.45) is 0 Å². The second-order valence-electron chi connectivity index (χ2n) is 5.34. The molecule has 1 aliphatic rings. The summed E-state index contributed by atoms with van der Waals surface area (Å²) in [5.41, 5.74) is -1.24. The lowest BCUT2D eigenvalue weighted by atomic mass is 10.0. The number of hydrogen-bond donors (Lipinski definition) is 1. The molecule has 1 aromatic heterocycles. The van der Waals surface area contributed by atoms with Crippen molar-refractivity contribution in [1.29, 1.82) is 0 Å². The minimum atomic E-state index is -3.97. The molecule has 1 atom stereocenters. The molecule has 118 valence electrons. The summed E-state index contributed by atoms with van der Waals surface area (Å²) in [6, 6.07) is 5.22. The number of sulfonamides is 1. The van der Waals surface area contributed by atoms with Gasteiger partial charge in [0.25, 0.3) is 0 Å². The number of halogens is 1. The van der Waals surface area contributed by atoms with E-state index in [1.54, 1.807) is 6.20 Å². The largest absolute Gasteiger partial charge is 0.387 e. The zero-order valence-corrected chi connectivity index (χ0v) is 12.4. The number of hydrogen-bond acceptors (Lipinski definition) is 5. The van der Waals surface area contributed by atoms with Crippen LogP contribution in [0.15, 0.2) is 41.6 Å². The van der Waals surface area contributed by atoms with Crippen LogP contribution in [0.2, 0.25) is 0 Å². The third-order valence-electron chi connectivity index (χ3n) is 3.68. The van der Waals surface area contributed by atoms with Gasteiger partial charge in [0, 0.05) is 19.3 Å². The van der Waals surface area contributed by atoms with Gasteiger partial charge in [-0.3, -0.25) is 0 Å². The van der Waals surface area contributed by atoms with Crippen LogP contribution >= 0.6 is 0 Å². The second kappa shape index (κ2) is 5.41. The molecule has 0 bridgehead atoms. The number of aliphatic hydroxyl groups is 1. The topological polar surface area (TPSA) is 88.3 Å². The Balaban J connectivity index is 1.81. The molecule has 9 heteroatoms. The fourth-order valence-electron chi connectivity index (χ4n) is 2.57. The highest BCUT2D eigenvalue weighted by molar-refractivity contribution is 7.89. The molecule has 0 spiro atoms. The van der Waals surface area contributed by atoms with E-state index < -0.39 is 21.4 Å². The average Bonchev–Trinajstić information content (AvgIpc) is 3.09. The Bertz CT molecular complexity index is 765. The molecule has 1 fully saturated rings. The molecule has 1 saturated heterocycles. The predicted molar refractivity (Wildman–Crippen MR) is 74.7 cm³/mol. The summed E-state index contributed by atoms with van der Waals surface area (Å²) in [4.78, 5) is -0.375. The van der Waals surface area contributed by atoms with Crippen LogP contribution in [0.25, 0.3) is 0 Å². The molecule has 0 amide bonds. The first-order valence-electron chi connectivity index (χ1n) is 6.72. The van der Waals surface area contributed by atoms with Gasteiger partial charge in [0.15, 0.2) is 0 Å². The van der Waals surface area contributed by atoms with Gasteiger partial charge in [-0.1, -0.05) is 17.3 Å². The Labute approximate surface area is 127 Å². The molecule has 1 N–H and O–H groups in total. The predicted octanol–water partition coefficient (Wildman–Crippen LogP) is 0.243. The van der Waals surface area contributed by atoms with Gasteiger partial charge in [-0.15, -0.1) is 5.10 Å². The molecule has 1 aromatic carbocycles. The Morgan fingerprint density at radius 2 is 2.14 bits per heavy atom. The molecule has 1 aliphatic heterocycles. The van der Waals surface area contributed by atoms with E-state index in [-0.39, 0.29) is 31.0 Å². The van der Waals surface area contributed by atoms with E-state index >= 15 is 0 Å². The molecule has 3 rings (SSSR count). The van der Waals surface area contributed by atoms with Crippen molar-refractivity contribution in [2.75, 3.05) is 13.1 Å². The van der Waals surface area contributed by atoms with E-state index in [4.69, 9.17) is 0 Å². The number of aromatic nitrogens is 3. The molecule has 0 aliphatic carbocycles. The minimum absolute atomic E-state index is 0.108. The van der Waals surface area contributed by atoms with Crippen LogP contribution in [-0.4, -0.2) is 51.5 Å². The summed E-state index contributed by atoms with van der Waals surface area (Å²) < 4.78 is 41.3. The smallest absolute Gasteiger partial charge is 0.246 e. The molecular weight excluding hydrogens is 311 g/mol. The quantitative estimate of drug-likeness (QED) is 0.870. The lowest BCUT2D eigenvalue weighted by Gasteiger charge is -2.23. The van der Waals surface area contributed by atoms with Crippen LogP contribution < -0.4 is 0 Å². The van der Waals surface area contributed by atoms with Gasteiger partial charge in [0.1, 0.15) is 10.7 Å². The highest BCUT2D eigenvalue weighted by atomic mass is 32.2. The van der Waals surface area contributed by atoms with Gasteiger partial charge in [-0.2, -0.15) is 4.31 Å². The normalized spacial score (nSPS) is 23.0. The van der Waals surface area contributed by atoms with Gasteiger partial charge < -0.3 is 5.11 Å². The van der Waals surface area contributed by atoms with Crippen molar-refractivity contribution in [1.82, 2.24) is 19.3 Å². The minimum Gasteiger partial charge on any atom is -0.387 e. The van der Waals surface area contributed by atoms with E-state index in [9.17, 15) is 17.9 Å². The van der Waals surface area contributed by atoms with Crippen LogP contribution in [0.5, 0.6) is 0 Å². The van der Waals surface area contributed by atoms with Crippen LogP contribution in [0.4, 0.5) is 4.39 Å². The molecular formula is C13H15FN4O3S. The molecule has 7 nitrogen and oxygen atoms in total. The molecule has 2 aromatic rings. The van der Waals surface area contributed by atoms with E-state index in [1.165, 1.54) is 29.1 Å². The Morgan fingerprint density at radius 1 is 1.36 bits per heavy atom. The lowest BCUT2D eigenvalue weighted by Crippen LogP contribution is -2.39. The first-order valence-corrected chi connectivity index (χ1v) is 8.16. The number of benzene rings is 1. The summed E-state index contributed by atoms with van der Waals surface area (Å²) >= 11 is 0. The van der Waals surface area contributed by atoms with Gasteiger partial charge in [-0.05, 0) is 18.6 Å². The third-order valence-corrected chi connectivity index (χ3v) is 5.56. The fourth-order valence-corrected chi connectivity index (χ4v) is 4.15. The maximum Gasteiger partial charge on any atom is 0.246 e. The van der Waals surface area contributed by atoms with Gasteiger partial charge >= 0.3 is 0 Å². The third kappa shape index (κ3) is 2.74. The maximum absolute atomic E-state index is 13.7. The van der Waals surface area contributed by atoms with Crippen molar-refractivity contribution in [2.45, 2.75) is 23.5 Å². The van der Waals surface area contributed by atoms with Gasteiger partial charge in [0.2, 0.25) is 10.0 Å². The average molecular weight is 326 g/mol. The van der Waals surface area contributed by atoms with Crippen LogP contribution in [-0.2, 0) is 16.6 Å². The Hall–Kier alpha value is -1.84.